The molecular formula is C9H9ClO2. The van der Waals surface area contributed by atoms with Crippen LogP contribution < -0.4 is 4.74 Å². The molecule has 0 radical (unpaired) electrons. The standard InChI is InChI=1S/C9H9ClO2/c1-9(6-11-9)12-8-4-2-3-7(10)5-8/h2-5H,6H2,1H3. The molecule has 1 aromatic carbocycles. The summed E-state index contributed by atoms with van der Waals surface area (Å²) in [6, 6.07) is 7.29. The third-order valence-electron chi connectivity index (χ3n) is 1.68. The minimum atomic E-state index is -0.412. The molecule has 1 atom stereocenters. The molecule has 1 aliphatic rings. The van der Waals surface area contributed by atoms with E-state index in [1.54, 1.807) is 6.07 Å². The maximum atomic E-state index is 5.77. The van der Waals surface area contributed by atoms with Gasteiger partial charge in [0, 0.05) is 11.9 Å². The summed E-state index contributed by atoms with van der Waals surface area (Å²) in [5.74, 6) is 0.340. The fourth-order valence-corrected chi connectivity index (χ4v) is 1.12. The number of ether oxygens (including phenoxy) is 2. The van der Waals surface area contributed by atoms with Crippen LogP contribution in [0, 0.1) is 0 Å². The molecule has 1 fully saturated rings. The van der Waals surface area contributed by atoms with E-state index < -0.39 is 5.79 Å². The molecule has 0 saturated carbocycles. The summed E-state index contributed by atoms with van der Waals surface area (Å²) in [5, 5.41) is 0.678. The van der Waals surface area contributed by atoms with E-state index in [9.17, 15) is 0 Å². The van der Waals surface area contributed by atoms with Crippen molar-refractivity contribution in [3.8, 4) is 5.75 Å². The van der Waals surface area contributed by atoms with Crippen LogP contribution in [0.3, 0.4) is 0 Å². The molecule has 1 unspecified atom stereocenters. The lowest BCUT2D eigenvalue weighted by Crippen LogP contribution is -2.14. The second-order valence-corrected chi connectivity index (χ2v) is 3.42. The van der Waals surface area contributed by atoms with Gasteiger partial charge in [-0.2, -0.15) is 0 Å². The predicted octanol–water partition coefficient (Wildman–Crippen LogP) is 2.47. The van der Waals surface area contributed by atoms with E-state index in [1.165, 1.54) is 0 Å². The number of benzene rings is 1. The largest absolute Gasteiger partial charge is 0.460 e. The fourth-order valence-electron chi connectivity index (χ4n) is 0.940. The summed E-state index contributed by atoms with van der Waals surface area (Å²) in [7, 11) is 0. The Morgan fingerprint density at radius 3 is 2.92 bits per heavy atom. The Hall–Kier alpha value is -0.730. The average Bonchev–Trinajstić information content (AvgIpc) is 2.67. The number of hydrogen-bond acceptors (Lipinski definition) is 2. The summed E-state index contributed by atoms with van der Waals surface area (Å²) in [6.45, 7) is 2.55. The molecular weight excluding hydrogens is 176 g/mol. The maximum absolute atomic E-state index is 5.77. The molecule has 2 nitrogen and oxygen atoms in total. The molecule has 1 saturated heterocycles. The highest BCUT2D eigenvalue weighted by molar-refractivity contribution is 6.30. The van der Waals surface area contributed by atoms with Gasteiger partial charge in [-0.15, -0.1) is 0 Å². The Labute approximate surface area is 76.1 Å². The molecule has 2 rings (SSSR count). The normalized spacial score (nSPS) is 26.8. The lowest BCUT2D eigenvalue weighted by Gasteiger charge is -2.08. The molecule has 64 valence electrons. The molecule has 1 aromatic rings. The van der Waals surface area contributed by atoms with Crippen molar-refractivity contribution in [1.29, 1.82) is 0 Å². The quantitative estimate of drug-likeness (QED) is 0.659. The van der Waals surface area contributed by atoms with Gasteiger partial charge in [-0.1, -0.05) is 17.7 Å². The molecule has 3 heteroatoms. The lowest BCUT2D eigenvalue weighted by molar-refractivity contribution is 0.0803. The molecule has 12 heavy (non-hydrogen) atoms. The first-order valence-electron chi connectivity index (χ1n) is 3.76. The van der Waals surface area contributed by atoms with Crippen LogP contribution in [-0.2, 0) is 4.74 Å². The fraction of sp³-hybridized carbons (Fsp3) is 0.333. The molecule has 0 N–H and O–H groups in total. The molecule has 0 aliphatic carbocycles. The van der Waals surface area contributed by atoms with Crippen molar-refractivity contribution in [2.24, 2.45) is 0 Å². The van der Waals surface area contributed by atoms with Crippen LogP contribution in [0.25, 0.3) is 0 Å². The number of halogens is 1. The van der Waals surface area contributed by atoms with Crippen molar-refractivity contribution in [3.05, 3.63) is 29.3 Å². The highest BCUT2D eigenvalue weighted by Crippen LogP contribution is 2.30. The summed E-state index contributed by atoms with van der Waals surface area (Å²) in [6.07, 6.45) is 0. The van der Waals surface area contributed by atoms with Crippen LogP contribution in [0.1, 0.15) is 6.92 Å². The Kier molecular flexibility index (Phi) is 1.74. The monoisotopic (exact) mass is 184 g/mol. The molecule has 0 bridgehead atoms. The van der Waals surface area contributed by atoms with E-state index in [2.05, 4.69) is 0 Å². The van der Waals surface area contributed by atoms with Crippen LogP contribution in [0.4, 0.5) is 0 Å². The average molecular weight is 185 g/mol. The zero-order valence-corrected chi connectivity index (χ0v) is 7.47. The van der Waals surface area contributed by atoms with E-state index in [1.807, 2.05) is 25.1 Å². The zero-order valence-electron chi connectivity index (χ0n) is 6.71. The van der Waals surface area contributed by atoms with Gasteiger partial charge in [0.25, 0.3) is 0 Å². The number of epoxide rings is 1. The smallest absolute Gasteiger partial charge is 0.231 e. The van der Waals surface area contributed by atoms with Crippen molar-refractivity contribution >= 4 is 11.6 Å². The van der Waals surface area contributed by atoms with E-state index in [4.69, 9.17) is 21.1 Å². The SMILES string of the molecule is CC1(Oc2cccc(Cl)c2)CO1. The number of hydrogen-bond donors (Lipinski definition) is 0. The van der Waals surface area contributed by atoms with Crippen molar-refractivity contribution in [1.82, 2.24) is 0 Å². The predicted molar refractivity (Wildman–Crippen MR) is 46.4 cm³/mol. The summed E-state index contributed by atoms with van der Waals surface area (Å²) in [4.78, 5) is 0. The van der Waals surface area contributed by atoms with Gasteiger partial charge in [-0.3, -0.25) is 0 Å². The van der Waals surface area contributed by atoms with E-state index >= 15 is 0 Å². The first kappa shape index (κ1) is 7.90. The Morgan fingerprint density at radius 1 is 1.58 bits per heavy atom. The van der Waals surface area contributed by atoms with Crippen LogP contribution in [0.2, 0.25) is 5.02 Å². The molecule has 0 aromatic heterocycles. The van der Waals surface area contributed by atoms with Gasteiger partial charge in [-0.25, -0.2) is 0 Å². The van der Waals surface area contributed by atoms with Crippen LogP contribution in [0.5, 0.6) is 5.75 Å². The zero-order chi connectivity index (χ0) is 8.60. The Balaban J connectivity index is 2.12. The minimum absolute atomic E-state index is 0.412. The Morgan fingerprint density at radius 2 is 2.33 bits per heavy atom. The van der Waals surface area contributed by atoms with Gasteiger partial charge in [0.15, 0.2) is 0 Å². The molecule has 1 aliphatic heterocycles. The molecule has 1 heterocycles. The van der Waals surface area contributed by atoms with Crippen LogP contribution >= 0.6 is 11.6 Å². The topological polar surface area (TPSA) is 21.8 Å². The van der Waals surface area contributed by atoms with Gasteiger partial charge in [0.2, 0.25) is 5.79 Å². The van der Waals surface area contributed by atoms with E-state index in [0.717, 1.165) is 5.75 Å². The van der Waals surface area contributed by atoms with Crippen molar-refractivity contribution in [3.63, 3.8) is 0 Å². The lowest BCUT2D eigenvalue weighted by atomic mass is 10.3. The second-order valence-electron chi connectivity index (χ2n) is 2.98. The summed E-state index contributed by atoms with van der Waals surface area (Å²) in [5.41, 5.74) is 0. The van der Waals surface area contributed by atoms with Gasteiger partial charge in [-0.05, 0) is 18.2 Å². The van der Waals surface area contributed by atoms with Crippen molar-refractivity contribution in [2.75, 3.05) is 6.61 Å². The first-order chi connectivity index (χ1) is 5.68. The van der Waals surface area contributed by atoms with Gasteiger partial charge >= 0.3 is 0 Å². The maximum Gasteiger partial charge on any atom is 0.231 e. The van der Waals surface area contributed by atoms with Crippen molar-refractivity contribution in [2.45, 2.75) is 12.7 Å². The van der Waals surface area contributed by atoms with Gasteiger partial charge < -0.3 is 9.47 Å². The van der Waals surface area contributed by atoms with Gasteiger partial charge in [0.05, 0.1) is 0 Å². The van der Waals surface area contributed by atoms with Crippen molar-refractivity contribution < 1.29 is 9.47 Å². The van der Waals surface area contributed by atoms with Crippen LogP contribution in [0.15, 0.2) is 24.3 Å². The summed E-state index contributed by atoms with van der Waals surface area (Å²) >= 11 is 5.77. The first-order valence-corrected chi connectivity index (χ1v) is 4.14. The van der Waals surface area contributed by atoms with E-state index in [-0.39, 0.29) is 0 Å². The highest BCUT2D eigenvalue weighted by atomic mass is 35.5. The van der Waals surface area contributed by atoms with Gasteiger partial charge in [0.1, 0.15) is 12.4 Å². The number of rotatable bonds is 2. The Bertz CT molecular complexity index is 294. The second kappa shape index (κ2) is 2.64. The highest BCUT2D eigenvalue weighted by Gasteiger charge is 2.42. The third kappa shape index (κ3) is 1.71. The third-order valence-corrected chi connectivity index (χ3v) is 1.92. The molecule has 0 spiro atoms. The van der Waals surface area contributed by atoms with Crippen LogP contribution in [-0.4, -0.2) is 12.4 Å². The minimum Gasteiger partial charge on any atom is -0.460 e. The summed E-state index contributed by atoms with van der Waals surface area (Å²) < 4.78 is 10.6. The van der Waals surface area contributed by atoms with E-state index in [0.29, 0.717) is 11.6 Å². The molecule has 0 amide bonds.